The third-order valence-corrected chi connectivity index (χ3v) is 7.20. The van der Waals surface area contributed by atoms with Crippen LogP contribution in [0.3, 0.4) is 0 Å². The number of aliphatic hydroxyl groups excluding tert-OH is 2. The SMILES string of the molecule is CC1=C(N2CCC3(CCN(CC(O)c4cnc(-n5cnnn5)c(F)c4)CC3)C2O)COC1=O. The first-order valence-electron chi connectivity index (χ1n) is 11.0. The molecular weight excluding hydrogens is 433 g/mol. The number of pyridine rings is 1. The van der Waals surface area contributed by atoms with Crippen molar-refractivity contribution in [2.45, 2.75) is 38.5 Å². The molecule has 0 aliphatic carbocycles. The van der Waals surface area contributed by atoms with E-state index in [-0.39, 0.29) is 23.8 Å². The molecule has 5 rings (SSSR count). The van der Waals surface area contributed by atoms with Gasteiger partial charge in [-0.1, -0.05) is 0 Å². The number of tetrazole rings is 1. The van der Waals surface area contributed by atoms with Crippen molar-refractivity contribution in [1.82, 2.24) is 35.0 Å². The molecule has 2 aromatic heterocycles. The number of carbonyl (C=O) groups excluding carboxylic acids is 1. The van der Waals surface area contributed by atoms with Crippen LogP contribution in [0.15, 0.2) is 29.9 Å². The van der Waals surface area contributed by atoms with E-state index in [9.17, 15) is 19.4 Å². The van der Waals surface area contributed by atoms with Crippen LogP contribution < -0.4 is 0 Å². The molecule has 5 heterocycles. The minimum Gasteiger partial charge on any atom is -0.456 e. The molecule has 2 fully saturated rings. The van der Waals surface area contributed by atoms with Crippen molar-refractivity contribution in [3.05, 3.63) is 41.2 Å². The average Bonchev–Trinajstić information content (AvgIpc) is 3.53. The smallest absolute Gasteiger partial charge is 0.335 e. The molecule has 0 amide bonds. The van der Waals surface area contributed by atoms with E-state index in [1.165, 1.54) is 18.6 Å². The van der Waals surface area contributed by atoms with Crippen LogP contribution in [0.4, 0.5) is 4.39 Å². The first-order chi connectivity index (χ1) is 15.9. The van der Waals surface area contributed by atoms with E-state index in [0.29, 0.717) is 37.3 Å². The summed E-state index contributed by atoms with van der Waals surface area (Å²) in [6.07, 6.45) is 3.48. The van der Waals surface area contributed by atoms with Gasteiger partial charge in [0.05, 0.1) is 17.4 Å². The van der Waals surface area contributed by atoms with Gasteiger partial charge in [0.15, 0.2) is 11.6 Å². The molecule has 3 aliphatic heterocycles. The predicted molar refractivity (Wildman–Crippen MR) is 111 cm³/mol. The van der Waals surface area contributed by atoms with Gasteiger partial charge < -0.3 is 24.7 Å². The highest BCUT2D eigenvalue weighted by Crippen LogP contribution is 2.46. The Morgan fingerprint density at radius 1 is 1.30 bits per heavy atom. The van der Waals surface area contributed by atoms with E-state index >= 15 is 0 Å². The molecule has 11 nitrogen and oxygen atoms in total. The number of β-amino-alcohol motifs (C(OH)–C–C–N with tert-alkyl or cyclic N) is 1. The Bertz CT molecular complexity index is 1070. The van der Waals surface area contributed by atoms with E-state index in [2.05, 4.69) is 25.4 Å². The highest BCUT2D eigenvalue weighted by molar-refractivity contribution is 5.90. The molecule has 2 N–H and O–H groups in total. The number of aliphatic hydroxyl groups is 2. The summed E-state index contributed by atoms with van der Waals surface area (Å²) in [5.74, 6) is -0.973. The number of piperidine rings is 1. The summed E-state index contributed by atoms with van der Waals surface area (Å²) >= 11 is 0. The van der Waals surface area contributed by atoms with Gasteiger partial charge in [-0.2, -0.15) is 4.68 Å². The summed E-state index contributed by atoms with van der Waals surface area (Å²) in [7, 11) is 0. The van der Waals surface area contributed by atoms with Crippen LogP contribution in [-0.4, -0.2) is 90.2 Å². The van der Waals surface area contributed by atoms with Gasteiger partial charge in [0, 0.05) is 30.3 Å². The van der Waals surface area contributed by atoms with Crippen molar-refractivity contribution in [3.63, 3.8) is 0 Å². The summed E-state index contributed by atoms with van der Waals surface area (Å²) in [6, 6.07) is 1.25. The maximum absolute atomic E-state index is 14.4. The van der Waals surface area contributed by atoms with Gasteiger partial charge in [0.25, 0.3) is 0 Å². The third-order valence-electron chi connectivity index (χ3n) is 7.20. The number of esters is 1. The van der Waals surface area contributed by atoms with Crippen LogP contribution in [0, 0.1) is 11.2 Å². The monoisotopic (exact) mass is 459 g/mol. The maximum Gasteiger partial charge on any atom is 0.335 e. The van der Waals surface area contributed by atoms with Gasteiger partial charge in [0.1, 0.15) is 19.2 Å². The molecule has 0 aromatic carbocycles. The van der Waals surface area contributed by atoms with Gasteiger partial charge in [-0.3, -0.25) is 0 Å². The quantitative estimate of drug-likeness (QED) is 0.597. The maximum atomic E-state index is 14.4. The topological polar surface area (TPSA) is 130 Å². The molecule has 33 heavy (non-hydrogen) atoms. The number of hydrogen-bond acceptors (Lipinski definition) is 10. The fourth-order valence-electron chi connectivity index (χ4n) is 5.07. The fourth-order valence-corrected chi connectivity index (χ4v) is 5.07. The van der Waals surface area contributed by atoms with Crippen molar-refractivity contribution in [3.8, 4) is 5.82 Å². The lowest BCUT2D eigenvalue weighted by Gasteiger charge is -2.42. The van der Waals surface area contributed by atoms with Crippen LogP contribution >= 0.6 is 0 Å². The van der Waals surface area contributed by atoms with Gasteiger partial charge >= 0.3 is 5.97 Å². The van der Waals surface area contributed by atoms with E-state index in [4.69, 9.17) is 4.74 Å². The highest BCUT2D eigenvalue weighted by atomic mass is 19.1. The van der Waals surface area contributed by atoms with Crippen molar-refractivity contribution in [1.29, 1.82) is 0 Å². The van der Waals surface area contributed by atoms with E-state index in [0.717, 1.165) is 29.6 Å². The third kappa shape index (κ3) is 3.87. The number of hydrogen-bond donors (Lipinski definition) is 2. The number of carbonyl (C=O) groups is 1. The second-order valence-corrected chi connectivity index (χ2v) is 8.97. The number of likely N-dealkylation sites (tertiary alicyclic amines) is 2. The minimum atomic E-state index is -0.900. The first-order valence-corrected chi connectivity index (χ1v) is 11.0. The van der Waals surface area contributed by atoms with Gasteiger partial charge in [0.2, 0.25) is 0 Å². The molecule has 0 radical (unpaired) electrons. The van der Waals surface area contributed by atoms with Crippen molar-refractivity contribution in [2.24, 2.45) is 5.41 Å². The standard InChI is InChI=1S/C21H26FN7O4/c1-13-16(11-33-19(13)31)28-7-4-21(20(28)32)2-5-27(6-3-21)10-17(30)14-8-15(22)18(23-9-14)29-12-24-25-26-29/h8-9,12,17,20,30,32H,2-7,10-11H2,1H3. The Labute approximate surface area is 189 Å². The molecule has 3 aliphatic rings. The van der Waals surface area contributed by atoms with E-state index < -0.39 is 18.1 Å². The summed E-state index contributed by atoms with van der Waals surface area (Å²) in [6.45, 7) is 4.38. The van der Waals surface area contributed by atoms with Crippen LogP contribution in [0.5, 0.6) is 0 Å². The van der Waals surface area contributed by atoms with Crippen molar-refractivity contribution < 1.29 is 24.1 Å². The average molecular weight is 459 g/mol. The van der Waals surface area contributed by atoms with Gasteiger partial charge in [-0.25, -0.2) is 14.2 Å². The first kappa shape index (κ1) is 21.9. The molecule has 1 spiro atoms. The zero-order valence-corrected chi connectivity index (χ0v) is 18.3. The molecule has 2 atom stereocenters. The molecule has 2 unspecified atom stereocenters. The summed E-state index contributed by atoms with van der Waals surface area (Å²) in [5.41, 5.74) is 1.48. The molecule has 176 valence electrons. The second-order valence-electron chi connectivity index (χ2n) is 8.97. The number of nitrogens with zero attached hydrogens (tertiary/aromatic N) is 7. The summed E-state index contributed by atoms with van der Waals surface area (Å²) in [5, 5.41) is 32.3. The lowest BCUT2D eigenvalue weighted by molar-refractivity contribution is -0.136. The number of halogens is 1. The van der Waals surface area contributed by atoms with Crippen LogP contribution in [0.2, 0.25) is 0 Å². The Morgan fingerprint density at radius 2 is 2.06 bits per heavy atom. The van der Waals surface area contributed by atoms with Gasteiger partial charge in [-0.05, 0) is 55.8 Å². The summed E-state index contributed by atoms with van der Waals surface area (Å²) < 4.78 is 20.7. The molecule has 12 heteroatoms. The Hall–Kier alpha value is -2.96. The largest absolute Gasteiger partial charge is 0.456 e. The number of cyclic esters (lactones) is 1. The van der Waals surface area contributed by atoms with E-state index in [1.807, 2.05) is 4.90 Å². The minimum absolute atomic E-state index is 0.0321. The lowest BCUT2D eigenvalue weighted by Crippen LogP contribution is -2.48. The van der Waals surface area contributed by atoms with Crippen LogP contribution in [-0.2, 0) is 9.53 Å². The molecular formula is C21H26FN7O4. The van der Waals surface area contributed by atoms with Crippen LogP contribution in [0.25, 0.3) is 5.82 Å². The normalized spacial score (nSPS) is 24.1. The summed E-state index contributed by atoms with van der Waals surface area (Å²) in [4.78, 5) is 19.8. The Morgan fingerprint density at radius 3 is 2.70 bits per heavy atom. The molecule has 0 bridgehead atoms. The predicted octanol–water partition coefficient (Wildman–Crippen LogP) is 0.167. The zero-order chi connectivity index (χ0) is 23.2. The Balaban J connectivity index is 1.20. The Kier molecular flexibility index (Phi) is 5.59. The molecule has 0 saturated carbocycles. The van der Waals surface area contributed by atoms with Crippen molar-refractivity contribution >= 4 is 5.97 Å². The van der Waals surface area contributed by atoms with Gasteiger partial charge in [-0.15, -0.1) is 5.10 Å². The van der Waals surface area contributed by atoms with Crippen LogP contribution in [0.1, 0.15) is 37.9 Å². The second kappa shape index (κ2) is 8.43. The van der Waals surface area contributed by atoms with Crippen molar-refractivity contribution in [2.75, 3.05) is 32.8 Å². The number of aromatic nitrogens is 5. The fraction of sp³-hybridized carbons (Fsp3) is 0.571. The number of rotatable bonds is 5. The van der Waals surface area contributed by atoms with E-state index in [1.54, 1.807) is 6.92 Å². The highest BCUT2D eigenvalue weighted by Gasteiger charge is 2.49. The zero-order valence-electron chi connectivity index (χ0n) is 18.3. The molecule has 2 saturated heterocycles. The molecule has 2 aromatic rings. The number of ether oxygens (including phenoxy) is 1. The lowest BCUT2D eigenvalue weighted by atomic mass is 9.76.